The van der Waals surface area contributed by atoms with Crippen LogP contribution < -0.4 is 10.1 Å². The first-order chi connectivity index (χ1) is 28.7. The summed E-state index contributed by atoms with van der Waals surface area (Å²) in [6, 6.07) is 2.59. The molecular formula is C40H43NO20. The number of hydrogen-bond acceptors (Lipinski definition) is 19. The van der Waals surface area contributed by atoms with Crippen LogP contribution in [0, 0.1) is 6.92 Å². The number of aliphatic hydroxyl groups is 7. The zero-order valence-electron chi connectivity index (χ0n) is 32.6. The van der Waals surface area contributed by atoms with Crippen LogP contribution in [0.4, 0.5) is 0 Å². The zero-order valence-corrected chi connectivity index (χ0v) is 32.6. The number of aliphatic carboxylic acids is 1. The predicted molar refractivity (Wildman–Crippen MR) is 200 cm³/mol. The number of carbonyl (C=O) groups excluding carboxylic acids is 3. The monoisotopic (exact) mass is 857 g/mol. The van der Waals surface area contributed by atoms with E-state index in [-0.39, 0.29) is 28.0 Å². The lowest BCUT2D eigenvalue weighted by molar-refractivity contribution is -0.353. The van der Waals surface area contributed by atoms with Gasteiger partial charge in [0.1, 0.15) is 71.8 Å². The second kappa shape index (κ2) is 16.2. The van der Waals surface area contributed by atoms with Gasteiger partial charge >= 0.3 is 5.97 Å². The van der Waals surface area contributed by atoms with Gasteiger partial charge in [0, 0.05) is 28.3 Å². The largest absolute Gasteiger partial charge is 0.507 e. The summed E-state index contributed by atoms with van der Waals surface area (Å²) in [7, 11) is 1.24. The molecule has 21 heteroatoms. The Morgan fingerprint density at radius 3 is 2.08 bits per heavy atom. The fourth-order valence-electron chi connectivity index (χ4n) is 8.15. The molecule has 328 valence electrons. The van der Waals surface area contributed by atoms with E-state index in [4.69, 9.17) is 23.7 Å². The molecule has 1 amide bonds. The number of hydrogen-bond donors (Lipinski definition) is 12. The molecule has 2 aliphatic heterocycles. The smallest absolute Gasteiger partial charge is 0.328 e. The van der Waals surface area contributed by atoms with Gasteiger partial charge in [0.05, 0.1) is 42.6 Å². The summed E-state index contributed by atoms with van der Waals surface area (Å²) in [5, 5.41) is 122. The van der Waals surface area contributed by atoms with Gasteiger partial charge in [-0.1, -0.05) is 6.07 Å². The van der Waals surface area contributed by atoms with E-state index >= 15 is 0 Å². The fraction of sp³-hybridized carbons (Fsp3) is 0.450. The number of ether oxygens (including phenoxy) is 5. The average Bonchev–Trinajstić information content (AvgIpc) is 3.20. The Balaban J connectivity index is 1.37. The predicted octanol–water partition coefficient (Wildman–Crippen LogP) is -1.48. The topological polar surface area (TPSA) is 349 Å². The van der Waals surface area contributed by atoms with Gasteiger partial charge in [-0.3, -0.25) is 14.4 Å². The molecule has 0 aromatic heterocycles. The number of aliphatic hydroxyl groups excluding tert-OH is 7. The summed E-state index contributed by atoms with van der Waals surface area (Å²) in [5.74, 6) is -7.36. The number of aromatic hydroxyl groups is 3. The maximum absolute atomic E-state index is 14.1. The van der Waals surface area contributed by atoms with Crippen molar-refractivity contribution in [3.05, 3.63) is 68.8 Å². The van der Waals surface area contributed by atoms with Crippen molar-refractivity contribution in [1.82, 2.24) is 5.32 Å². The highest BCUT2D eigenvalue weighted by molar-refractivity contribution is 6.31. The van der Waals surface area contributed by atoms with Gasteiger partial charge in [0.25, 0.3) is 5.91 Å². The van der Waals surface area contributed by atoms with Crippen LogP contribution in [0.25, 0.3) is 11.1 Å². The van der Waals surface area contributed by atoms with Crippen LogP contribution in [0.3, 0.4) is 0 Å². The van der Waals surface area contributed by atoms with E-state index in [9.17, 15) is 75.3 Å². The molecule has 0 radical (unpaired) electrons. The number of fused-ring (bicyclic) bond motifs is 5. The lowest BCUT2D eigenvalue weighted by atomic mass is 9.74. The summed E-state index contributed by atoms with van der Waals surface area (Å²) in [4.78, 5) is 53.7. The quantitative estimate of drug-likeness (QED) is 0.0913. The van der Waals surface area contributed by atoms with Crippen LogP contribution >= 0.6 is 0 Å². The SMILES string of the molecule is COc1cc(O)c2c(c1)C(=O)c1c(cc3c(c1O)-c1c(cc(C)c(C(=O)N[C@H](C(=O)O)[C@H](C)O)c1O)[C@H](O[C@@H]1O[C@H](C)[C@H](O)[C@H](O[C@@H]4OC[C@@H](O)[C@H](O)[C@H]4O)[C@H]1O)[C@H]3O)C2=O. The number of phenols is 3. The number of ketones is 2. The Hall–Kier alpha value is -5.30. The highest BCUT2D eigenvalue weighted by atomic mass is 16.7. The Morgan fingerprint density at radius 2 is 1.44 bits per heavy atom. The Morgan fingerprint density at radius 1 is 0.803 bits per heavy atom. The van der Waals surface area contributed by atoms with Gasteiger partial charge in [0.2, 0.25) is 0 Å². The number of amides is 1. The van der Waals surface area contributed by atoms with E-state index in [1.54, 1.807) is 0 Å². The third-order valence-electron chi connectivity index (χ3n) is 11.4. The third kappa shape index (κ3) is 7.16. The standard InChI is InChI=1S/C40H43NO20/c1-10-5-17-23(31(50)20(10)37(54)41-25(11(2)42)38(55)56)22-15(8-16-24(32(22)51)28(47)14-6-13(57-4)7-18(43)21(14)27(16)46)29(48)35(17)60-40-34(53)36(26(45)12(3)59-40)61-39-33(52)30(49)19(44)9-58-39/h5-8,11-12,19,25-26,29-30,33-36,39-40,42-45,48-53H,9H2,1-4H3,(H,41,54)(H,55,56)/t11-,12+,19+,25-,26-,29-,30-,33+,34+,35-,36-,39-,40-/m0/s1. The van der Waals surface area contributed by atoms with Crippen molar-refractivity contribution in [3.63, 3.8) is 0 Å². The maximum Gasteiger partial charge on any atom is 0.328 e. The number of phenolic OH excluding ortho intramolecular Hbond substituents is 3. The summed E-state index contributed by atoms with van der Waals surface area (Å²) in [6.07, 6.45) is -20.4. The number of methoxy groups -OCH3 is 1. The normalized spacial score (nSPS) is 30.3. The third-order valence-corrected chi connectivity index (χ3v) is 11.4. The molecule has 61 heavy (non-hydrogen) atoms. The molecule has 13 atom stereocenters. The maximum atomic E-state index is 14.1. The van der Waals surface area contributed by atoms with Gasteiger partial charge in [-0.2, -0.15) is 0 Å². The number of benzene rings is 3. The molecule has 2 heterocycles. The van der Waals surface area contributed by atoms with Crippen molar-refractivity contribution in [2.24, 2.45) is 0 Å². The Labute approximate surface area is 344 Å². The van der Waals surface area contributed by atoms with Crippen molar-refractivity contribution in [3.8, 4) is 34.1 Å². The Kier molecular flexibility index (Phi) is 11.6. The summed E-state index contributed by atoms with van der Waals surface area (Å²) in [5.41, 5.74) is -4.14. The molecule has 7 rings (SSSR count). The molecule has 3 aromatic rings. The second-order valence-corrected chi connectivity index (χ2v) is 15.3. The number of aryl methyl sites for hydroxylation is 1. The summed E-state index contributed by atoms with van der Waals surface area (Å²) < 4.78 is 28.1. The van der Waals surface area contributed by atoms with Crippen molar-refractivity contribution in [2.75, 3.05) is 13.7 Å². The van der Waals surface area contributed by atoms with Gasteiger partial charge in [-0.25, -0.2) is 4.79 Å². The molecule has 0 spiro atoms. The van der Waals surface area contributed by atoms with E-state index in [1.165, 1.54) is 27.0 Å². The number of rotatable bonds is 9. The highest BCUT2D eigenvalue weighted by Gasteiger charge is 2.51. The van der Waals surface area contributed by atoms with E-state index < -0.39 is 160 Å². The molecule has 2 saturated heterocycles. The molecule has 0 bridgehead atoms. The zero-order chi connectivity index (χ0) is 44.7. The van der Waals surface area contributed by atoms with Crippen molar-refractivity contribution >= 4 is 23.4 Å². The van der Waals surface area contributed by atoms with Gasteiger partial charge < -0.3 is 85.2 Å². The second-order valence-electron chi connectivity index (χ2n) is 15.3. The first-order valence-corrected chi connectivity index (χ1v) is 18.8. The van der Waals surface area contributed by atoms with Crippen LogP contribution in [0.2, 0.25) is 0 Å². The number of carboxylic acid groups (broad SMARTS) is 1. The Bertz CT molecular complexity index is 2310. The number of carbonyl (C=O) groups is 4. The molecular weight excluding hydrogens is 814 g/mol. The minimum Gasteiger partial charge on any atom is -0.507 e. The molecule has 0 unspecified atom stereocenters. The van der Waals surface area contributed by atoms with Crippen LogP contribution in [-0.4, -0.2) is 161 Å². The highest BCUT2D eigenvalue weighted by Crippen LogP contribution is 2.57. The van der Waals surface area contributed by atoms with Crippen molar-refractivity contribution in [2.45, 2.75) is 100 Å². The minimum atomic E-state index is -1.98. The lowest BCUT2D eigenvalue weighted by Gasteiger charge is -2.45. The van der Waals surface area contributed by atoms with Crippen LogP contribution in [0.15, 0.2) is 24.3 Å². The summed E-state index contributed by atoms with van der Waals surface area (Å²) in [6.45, 7) is 3.28. The van der Waals surface area contributed by atoms with Gasteiger partial charge in [-0.15, -0.1) is 0 Å². The molecule has 0 saturated carbocycles. The molecule has 2 fully saturated rings. The van der Waals surface area contributed by atoms with E-state index in [0.29, 0.717) is 0 Å². The minimum absolute atomic E-state index is 0.0138. The van der Waals surface area contributed by atoms with Crippen molar-refractivity contribution in [1.29, 1.82) is 0 Å². The molecule has 3 aromatic carbocycles. The van der Waals surface area contributed by atoms with Crippen LogP contribution in [0.1, 0.15) is 84.9 Å². The molecule has 21 nitrogen and oxygen atoms in total. The molecule has 2 aliphatic carbocycles. The van der Waals surface area contributed by atoms with E-state index in [1.807, 2.05) is 0 Å². The van der Waals surface area contributed by atoms with Gasteiger partial charge in [0.15, 0.2) is 30.2 Å². The van der Waals surface area contributed by atoms with Crippen molar-refractivity contribution < 1.29 is 99.0 Å². The van der Waals surface area contributed by atoms with Crippen LogP contribution in [-0.2, 0) is 23.7 Å². The van der Waals surface area contributed by atoms with E-state index in [2.05, 4.69) is 5.32 Å². The van der Waals surface area contributed by atoms with Crippen LogP contribution in [0.5, 0.6) is 23.0 Å². The average molecular weight is 858 g/mol. The summed E-state index contributed by atoms with van der Waals surface area (Å²) >= 11 is 0. The van der Waals surface area contributed by atoms with E-state index in [0.717, 1.165) is 25.1 Å². The van der Waals surface area contributed by atoms with Gasteiger partial charge in [-0.05, 0) is 49.6 Å². The molecule has 4 aliphatic rings. The fourth-order valence-corrected chi connectivity index (χ4v) is 8.15. The first-order valence-electron chi connectivity index (χ1n) is 18.8. The molecule has 12 N–H and O–H groups in total. The first kappa shape index (κ1) is 43.8. The number of nitrogens with one attached hydrogen (secondary N) is 1. The number of carboxylic acids is 1. The lowest BCUT2D eigenvalue weighted by Crippen LogP contribution is -2.62.